The molecule has 1 N–H and O–H groups in total. The van der Waals surface area contributed by atoms with E-state index in [1.807, 2.05) is 48.3 Å². The van der Waals surface area contributed by atoms with E-state index >= 15 is 0 Å². The molecule has 0 spiro atoms. The van der Waals surface area contributed by atoms with Gasteiger partial charge in [-0.3, -0.25) is 9.79 Å². The van der Waals surface area contributed by atoms with Gasteiger partial charge in [-0.05, 0) is 54.7 Å². The quantitative estimate of drug-likeness (QED) is 0.343. The Morgan fingerprint density at radius 3 is 2.23 bits per heavy atom. The van der Waals surface area contributed by atoms with Crippen molar-refractivity contribution >= 4 is 35.8 Å². The van der Waals surface area contributed by atoms with E-state index in [-0.39, 0.29) is 29.9 Å². The fourth-order valence-corrected chi connectivity index (χ4v) is 3.69. The molecule has 168 valence electrons. The summed E-state index contributed by atoms with van der Waals surface area (Å²) in [4.78, 5) is 21.0. The van der Waals surface area contributed by atoms with Crippen LogP contribution in [0.4, 0.5) is 0 Å². The number of rotatable bonds is 6. The number of hydrogen-bond acceptors (Lipinski definition) is 3. The number of aliphatic imine (C=N–C) groups is 1. The first kappa shape index (κ1) is 25.0. The van der Waals surface area contributed by atoms with Gasteiger partial charge in [-0.2, -0.15) is 0 Å². The molecular weight excluding hydrogens is 503 g/mol. The summed E-state index contributed by atoms with van der Waals surface area (Å²) in [6.07, 6.45) is 3.44. The molecule has 0 saturated carbocycles. The third-order valence-electron chi connectivity index (χ3n) is 5.45. The van der Waals surface area contributed by atoms with E-state index in [2.05, 4.69) is 27.3 Å². The lowest BCUT2D eigenvalue weighted by Crippen LogP contribution is -2.38. The van der Waals surface area contributed by atoms with E-state index in [4.69, 9.17) is 4.74 Å². The molecule has 2 aromatic carbocycles. The third-order valence-corrected chi connectivity index (χ3v) is 5.45. The van der Waals surface area contributed by atoms with Crippen molar-refractivity contribution in [2.24, 2.45) is 4.99 Å². The van der Waals surface area contributed by atoms with Crippen LogP contribution in [0, 0.1) is 0 Å². The van der Waals surface area contributed by atoms with Gasteiger partial charge in [0.25, 0.3) is 5.91 Å². The number of guanidine groups is 1. The smallest absolute Gasteiger partial charge is 0.253 e. The third kappa shape index (κ3) is 7.12. The Balaban J connectivity index is 0.00000341. The van der Waals surface area contributed by atoms with Crippen molar-refractivity contribution < 1.29 is 9.53 Å². The first-order valence-corrected chi connectivity index (χ1v) is 10.5. The number of methoxy groups -OCH3 is 1. The Kier molecular flexibility index (Phi) is 10.1. The zero-order valence-corrected chi connectivity index (χ0v) is 21.0. The molecule has 0 aromatic heterocycles. The number of carbonyl (C=O) groups excluding carboxylic acids is 1. The Morgan fingerprint density at radius 1 is 1.03 bits per heavy atom. The van der Waals surface area contributed by atoms with Crippen LogP contribution in [-0.2, 0) is 13.1 Å². The number of piperidine rings is 1. The lowest BCUT2D eigenvalue weighted by Gasteiger charge is -2.26. The van der Waals surface area contributed by atoms with E-state index in [0.29, 0.717) is 6.54 Å². The molecule has 0 aliphatic carbocycles. The molecule has 1 aliphatic rings. The SMILES string of the molecule is CN=C(NCc1ccc(C(=O)N2CCCCC2)cc1)N(C)Cc1ccc(OC)cc1.I. The van der Waals surface area contributed by atoms with E-state index in [0.717, 1.165) is 55.3 Å². The molecule has 31 heavy (non-hydrogen) atoms. The first-order valence-electron chi connectivity index (χ1n) is 10.5. The van der Waals surface area contributed by atoms with Crippen molar-refractivity contribution in [2.75, 3.05) is 34.3 Å². The molecule has 0 unspecified atom stereocenters. The molecule has 2 aromatic rings. The van der Waals surface area contributed by atoms with Crippen LogP contribution in [0.15, 0.2) is 53.5 Å². The minimum atomic E-state index is 0. The van der Waals surface area contributed by atoms with Gasteiger partial charge in [0.1, 0.15) is 5.75 Å². The highest BCUT2D eigenvalue weighted by molar-refractivity contribution is 14.0. The van der Waals surface area contributed by atoms with Gasteiger partial charge in [0.2, 0.25) is 0 Å². The van der Waals surface area contributed by atoms with Crippen LogP contribution >= 0.6 is 24.0 Å². The van der Waals surface area contributed by atoms with Gasteiger partial charge in [0.05, 0.1) is 7.11 Å². The molecule has 0 radical (unpaired) electrons. The summed E-state index contributed by atoms with van der Waals surface area (Å²) in [5.41, 5.74) is 3.06. The molecule has 1 amide bonds. The Bertz CT molecular complexity index is 847. The predicted molar refractivity (Wildman–Crippen MR) is 136 cm³/mol. The maximum Gasteiger partial charge on any atom is 0.253 e. The molecule has 6 nitrogen and oxygen atoms in total. The molecule has 1 aliphatic heterocycles. The second-order valence-electron chi connectivity index (χ2n) is 7.65. The van der Waals surface area contributed by atoms with E-state index in [9.17, 15) is 4.79 Å². The van der Waals surface area contributed by atoms with Gasteiger partial charge in [-0.1, -0.05) is 24.3 Å². The highest BCUT2D eigenvalue weighted by Crippen LogP contribution is 2.15. The van der Waals surface area contributed by atoms with Gasteiger partial charge < -0.3 is 19.9 Å². The normalized spacial score (nSPS) is 13.9. The average Bonchev–Trinajstić information content (AvgIpc) is 2.80. The largest absolute Gasteiger partial charge is 0.497 e. The van der Waals surface area contributed by atoms with Crippen LogP contribution in [0.25, 0.3) is 0 Å². The highest BCUT2D eigenvalue weighted by Gasteiger charge is 2.17. The topological polar surface area (TPSA) is 57.2 Å². The van der Waals surface area contributed by atoms with Crippen molar-refractivity contribution in [3.63, 3.8) is 0 Å². The summed E-state index contributed by atoms with van der Waals surface area (Å²) in [6.45, 7) is 3.14. The lowest BCUT2D eigenvalue weighted by molar-refractivity contribution is 0.0724. The summed E-state index contributed by atoms with van der Waals surface area (Å²) in [6, 6.07) is 15.9. The monoisotopic (exact) mass is 536 g/mol. The summed E-state index contributed by atoms with van der Waals surface area (Å²) in [5.74, 6) is 1.81. The van der Waals surface area contributed by atoms with Crippen LogP contribution < -0.4 is 10.1 Å². The molecule has 7 heteroatoms. The van der Waals surface area contributed by atoms with Crippen LogP contribution in [0.5, 0.6) is 5.75 Å². The zero-order chi connectivity index (χ0) is 21.3. The standard InChI is InChI=1S/C24H32N4O2.HI/c1-25-24(27(2)18-20-9-13-22(30-3)14-10-20)26-17-19-7-11-21(12-8-19)23(29)28-15-5-4-6-16-28;/h7-14H,4-6,15-18H2,1-3H3,(H,25,26);1H. The molecule has 3 rings (SSSR count). The number of carbonyl (C=O) groups is 1. The van der Waals surface area contributed by atoms with E-state index in [1.54, 1.807) is 14.2 Å². The van der Waals surface area contributed by atoms with Crippen LogP contribution in [0.3, 0.4) is 0 Å². The number of nitrogens with one attached hydrogen (secondary N) is 1. The van der Waals surface area contributed by atoms with Gasteiger partial charge in [0.15, 0.2) is 5.96 Å². The Labute approximate surface area is 202 Å². The number of halogens is 1. The maximum atomic E-state index is 12.6. The van der Waals surface area contributed by atoms with Crippen molar-refractivity contribution in [3.05, 3.63) is 65.2 Å². The summed E-state index contributed by atoms with van der Waals surface area (Å²) in [7, 11) is 5.47. The molecule has 1 fully saturated rings. The summed E-state index contributed by atoms with van der Waals surface area (Å²) in [5, 5.41) is 3.40. The maximum absolute atomic E-state index is 12.6. The van der Waals surface area contributed by atoms with Crippen molar-refractivity contribution in [1.29, 1.82) is 0 Å². The number of amides is 1. The van der Waals surface area contributed by atoms with Gasteiger partial charge >= 0.3 is 0 Å². The van der Waals surface area contributed by atoms with Crippen molar-refractivity contribution in [1.82, 2.24) is 15.1 Å². The number of hydrogen-bond donors (Lipinski definition) is 1. The number of nitrogens with zero attached hydrogens (tertiary/aromatic N) is 3. The first-order chi connectivity index (χ1) is 14.6. The molecule has 0 atom stereocenters. The average molecular weight is 536 g/mol. The molecule has 1 heterocycles. The van der Waals surface area contributed by atoms with Gasteiger partial charge in [-0.15, -0.1) is 24.0 Å². The highest BCUT2D eigenvalue weighted by atomic mass is 127. The molecular formula is C24H33IN4O2. The van der Waals surface area contributed by atoms with Crippen molar-refractivity contribution in [2.45, 2.75) is 32.4 Å². The predicted octanol–water partition coefficient (Wildman–Crippen LogP) is 4.15. The number of ether oxygens (including phenoxy) is 1. The second kappa shape index (κ2) is 12.5. The van der Waals surface area contributed by atoms with Crippen LogP contribution in [0.1, 0.15) is 40.7 Å². The fourth-order valence-electron chi connectivity index (χ4n) is 3.69. The lowest BCUT2D eigenvalue weighted by atomic mass is 10.1. The summed E-state index contributed by atoms with van der Waals surface area (Å²) >= 11 is 0. The van der Waals surface area contributed by atoms with E-state index < -0.39 is 0 Å². The van der Waals surface area contributed by atoms with Crippen LogP contribution in [0.2, 0.25) is 0 Å². The summed E-state index contributed by atoms with van der Waals surface area (Å²) < 4.78 is 5.21. The Morgan fingerprint density at radius 2 is 1.65 bits per heavy atom. The second-order valence-corrected chi connectivity index (χ2v) is 7.65. The Hall–Kier alpha value is -2.29. The zero-order valence-electron chi connectivity index (χ0n) is 18.6. The minimum absolute atomic E-state index is 0. The van der Waals surface area contributed by atoms with Crippen LogP contribution in [-0.4, -0.2) is 56.0 Å². The fraction of sp³-hybridized carbons (Fsp3) is 0.417. The van der Waals surface area contributed by atoms with Gasteiger partial charge in [0, 0.05) is 45.8 Å². The molecule has 1 saturated heterocycles. The van der Waals surface area contributed by atoms with Gasteiger partial charge in [-0.25, -0.2) is 0 Å². The number of benzene rings is 2. The minimum Gasteiger partial charge on any atom is -0.497 e. The number of likely N-dealkylation sites (tertiary alicyclic amines) is 1. The van der Waals surface area contributed by atoms with Crippen molar-refractivity contribution in [3.8, 4) is 5.75 Å². The molecule has 0 bridgehead atoms. The van der Waals surface area contributed by atoms with E-state index in [1.165, 1.54) is 12.0 Å².